The highest BCUT2D eigenvalue weighted by Gasteiger charge is 2.08. The Kier molecular flexibility index (Phi) is 3.98. The average Bonchev–Trinajstić information content (AvgIpc) is 1.63. The second-order valence-corrected chi connectivity index (χ2v) is 3.94. The molecule has 1 nitrogen and oxygen atoms in total. The van der Waals surface area contributed by atoms with Gasteiger partial charge in [0.25, 0.3) is 0 Å². The number of thiol groups is 1. The van der Waals surface area contributed by atoms with E-state index in [0.29, 0.717) is 0 Å². The molecule has 0 amide bonds. The van der Waals surface area contributed by atoms with Crippen molar-refractivity contribution in [3.05, 3.63) is 12.7 Å². The fourth-order valence-electron chi connectivity index (χ4n) is 0.480. The highest BCUT2D eigenvalue weighted by atomic mass is 32.1. The predicted molar refractivity (Wildman–Crippen MR) is 46.1 cm³/mol. The van der Waals surface area contributed by atoms with Crippen molar-refractivity contribution in [3.8, 4) is 0 Å². The van der Waals surface area contributed by atoms with Gasteiger partial charge < -0.3 is 5.32 Å². The van der Waals surface area contributed by atoms with Crippen LogP contribution in [0.1, 0.15) is 13.8 Å². The Morgan fingerprint density at radius 2 is 2.22 bits per heavy atom. The van der Waals surface area contributed by atoms with Gasteiger partial charge in [0.05, 0.1) is 0 Å². The van der Waals surface area contributed by atoms with Gasteiger partial charge in [-0.15, -0.1) is 6.58 Å². The maximum atomic E-state index is 4.33. The Bertz CT molecular complexity index is 83.4. The van der Waals surface area contributed by atoms with Crippen LogP contribution in [0, 0.1) is 0 Å². The van der Waals surface area contributed by atoms with E-state index in [1.165, 1.54) is 0 Å². The molecule has 0 rings (SSSR count). The summed E-state index contributed by atoms with van der Waals surface area (Å²) >= 11 is 4.33. The molecule has 0 unspecified atom stereocenters. The number of rotatable bonds is 4. The topological polar surface area (TPSA) is 12.0 Å². The molecule has 2 heteroatoms. The molecular formula is C7H15NS. The molecule has 1 N–H and O–H groups in total. The maximum absolute atomic E-state index is 4.33. The third-order valence-corrected chi connectivity index (χ3v) is 1.00. The summed E-state index contributed by atoms with van der Waals surface area (Å²) in [4.78, 5) is 0. The molecule has 0 aromatic carbocycles. The van der Waals surface area contributed by atoms with E-state index in [9.17, 15) is 0 Å². The van der Waals surface area contributed by atoms with Crippen LogP contribution in [0.15, 0.2) is 12.7 Å². The summed E-state index contributed by atoms with van der Waals surface area (Å²) < 4.78 is 0.0863. The molecule has 0 saturated heterocycles. The smallest absolute Gasteiger partial charge is 0.0198 e. The van der Waals surface area contributed by atoms with Crippen molar-refractivity contribution >= 4 is 12.6 Å². The number of hydrogen-bond donors (Lipinski definition) is 2. The van der Waals surface area contributed by atoms with Gasteiger partial charge in [0, 0.05) is 17.8 Å². The van der Waals surface area contributed by atoms with Gasteiger partial charge in [-0.2, -0.15) is 12.6 Å². The minimum Gasteiger partial charge on any atom is -0.312 e. The maximum Gasteiger partial charge on any atom is 0.0198 e. The lowest BCUT2D eigenvalue weighted by atomic mass is 10.2. The van der Waals surface area contributed by atoms with Crippen LogP contribution < -0.4 is 5.32 Å². The lowest BCUT2D eigenvalue weighted by Crippen LogP contribution is -2.30. The zero-order chi connectivity index (χ0) is 7.33. The first-order valence-electron chi connectivity index (χ1n) is 3.10. The van der Waals surface area contributed by atoms with Crippen molar-refractivity contribution in [1.29, 1.82) is 0 Å². The lowest BCUT2D eigenvalue weighted by molar-refractivity contribution is 0.624. The Morgan fingerprint density at radius 1 is 1.67 bits per heavy atom. The summed E-state index contributed by atoms with van der Waals surface area (Å²) in [5.74, 6) is 0. The summed E-state index contributed by atoms with van der Waals surface area (Å²) in [6.45, 7) is 9.53. The molecule has 9 heavy (non-hydrogen) atoms. The fourth-order valence-corrected chi connectivity index (χ4v) is 0.592. The molecule has 0 atom stereocenters. The van der Waals surface area contributed by atoms with Crippen molar-refractivity contribution in [2.75, 3.05) is 13.1 Å². The van der Waals surface area contributed by atoms with Gasteiger partial charge in [0.15, 0.2) is 0 Å². The number of nitrogens with one attached hydrogen (secondary N) is 1. The first-order chi connectivity index (χ1) is 4.06. The van der Waals surface area contributed by atoms with Crippen LogP contribution in [0.3, 0.4) is 0 Å². The van der Waals surface area contributed by atoms with E-state index in [2.05, 4.69) is 38.4 Å². The molecule has 0 saturated carbocycles. The van der Waals surface area contributed by atoms with Gasteiger partial charge in [-0.1, -0.05) is 6.08 Å². The highest BCUT2D eigenvalue weighted by Crippen LogP contribution is 2.08. The Balaban J connectivity index is 3.17. The molecule has 0 fully saturated rings. The zero-order valence-corrected chi connectivity index (χ0v) is 7.04. The minimum atomic E-state index is 0.0863. The first kappa shape index (κ1) is 9.05. The SMILES string of the molecule is C=CCNCC(C)(C)S. The summed E-state index contributed by atoms with van der Waals surface area (Å²) in [5, 5.41) is 3.18. The molecular weight excluding hydrogens is 130 g/mol. The predicted octanol–water partition coefficient (Wildman–Crippen LogP) is 1.47. The molecule has 0 aliphatic rings. The van der Waals surface area contributed by atoms with Gasteiger partial charge in [-0.05, 0) is 13.8 Å². The molecule has 0 aromatic rings. The molecule has 0 radical (unpaired) electrons. The quantitative estimate of drug-likeness (QED) is 0.347. The van der Waals surface area contributed by atoms with E-state index in [-0.39, 0.29) is 4.75 Å². The fraction of sp³-hybridized carbons (Fsp3) is 0.714. The second-order valence-electron chi connectivity index (χ2n) is 2.73. The molecule has 0 spiro atoms. The van der Waals surface area contributed by atoms with Crippen molar-refractivity contribution < 1.29 is 0 Å². The van der Waals surface area contributed by atoms with E-state index in [0.717, 1.165) is 13.1 Å². The number of hydrogen-bond acceptors (Lipinski definition) is 2. The van der Waals surface area contributed by atoms with Crippen molar-refractivity contribution in [2.45, 2.75) is 18.6 Å². The van der Waals surface area contributed by atoms with Gasteiger partial charge in [0.1, 0.15) is 0 Å². The Labute approximate surface area is 62.9 Å². The van der Waals surface area contributed by atoms with Gasteiger partial charge in [-0.3, -0.25) is 0 Å². The standard InChI is InChI=1S/C7H15NS/c1-4-5-8-6-7(2,3)9/h4,8-9H,1,5-6H2,2-3H3. The third-order valence-electron chi connectivity index (χ3n) is 0.846. The molecule has 0 aromatic heterocycles. The van der Waals surface area contributed by atoms with Crippen molar-refractivity contribution in [3.63, 3.8) is 0 Å². The summed E-state index contributed by atoms with van der Waals surface area (Å²) in [6.07, 6.45) is 1.85. The Morgan fingerprint density at radius 3 is 2.56 bits per heavy atom. The zero-order valence-electron chi connectivity index (χ0n) is 6.15. The summed E-state index contributed by atoms with van der Waals surface area (Å²) in [7, 11) is 0. The van der Waals surface area contributed by atoms with Crippen LogP contribution in [-0.4, -0.2) is 17.8 Å². The molecule has 0 aliphatic carbocycles. The largest absolute Gasteiger partial charge is 0.312 e. The van der Waals surface area contributed by atoms with E-state index in [1.54, 1.807) is 0 Å². The lowest BCUT2D eigenvalue weighted by Gasteiger charge is -2.16. The van der Waals surface area contributed by atoms with Crippen LogP contribution in [0.2, 0.25) is 0 Å². The van der Waals surface area contributed by atoms with E-state index in [4.69, 9.17) is 0 Å². The van der Waals surface area contributed by atoms with Crippen molar-refractivity contribution in [2.24, 2.45) is 0 Å². The minimum absolute atomic E-state index is 0.0863. The summed E-state index contributed by atoms with van der Waals surface area (Å²) in [5.41, 5.74) is 0. The van der Waals surface area contributed by atoms with E-state index in [1.807, 2.05) is 6.08 Å². The first-order valence-corrected chi connectivity index (χ1v) is 3.55. The van der Waals surface area contributed by atoms with Gasteiger partial charge in [0.2, 0.25) is 0 Å². The molecule has 0 heterocycles. The second kappa shape index (κ2) is 3.96. The summed E-state index contributed by atoms with van der Waals surface area (Å²) in [6, 6.07) is 0. The van der Waals surface area contributed by atoms with Crippen LogP contribution in [0.25, 0.3) is 0 Å². The Hall–Kier alpha value is 0.0500. The van der Waals surface area contributed by atoms with E-state index >= 15 is 0 Å². The van der Waals surface area contributed by atoms with Gasteiger partial charge in [-0.25, -0.2) is 0 Å². The molecule has 0 bridgehead atoms. The monoisotopic (exact) mass is 145 g/mol. The van der Waals surface area contributed by atoms with Crippen LogP contribution in [-0.2, 0) is 0 Å². The molecule has 0 aliphatic heterocycles. The highest BCUT2D eigenvalue weighted by molar-refractivity contribution is 7.81. The normalized spacial score (nSPS) is 11.4. The van der Waals surface area contributed by atoms with Crippen LogP contribution in [0.5, 0.6) is 0 Å². The van der Waals surface area contributed by atoms with E-state index < -0.39 is 0 Å². The van der Waals surface area contributed by atoms with Crippen LogP contribution in [0.4, 0.5) is 0 Å². The van der Waals surface area contributed by atoms with Crippen LogP contribution >= 0.6 is 12.6 Å². The molecule has 54 valence electrons. The van der Waals surface area contributed by atoms with Crippen molar-refractivity contribution in [1.82, 2.24) is 5.32 Å². The van der Waals surface area contributed by atoms with Gasteiger partial charge >= 0.3 is 0 Å². The average molecular weight is 145 g/mol. The third kappa shape index (κ3) is 8.05.